The summed E-state index contributed by atoms with van der Waals surface area (Å²) in [5.74, 6) is 0. The summed E-state index contributed by atoms with van der Waals surface area (Å²) in [5.41, 5.74) is 7.83. The molecule has 1 aromatic rings. The topological polar surface area (TPSA) is 38.0 Å². The highest BCUT2D eigenvalue weighted by molar-refractivity contribution is 14.1. The molecule has 0 spiro atoms. The van der Waals surface area contributed by atoms with Crippen LogP contribution in [0.3, 0.4) is 0 Å². The fourth-order valence-corrected chi connectivity index (χ4v) is 2.60. The van der Waals surface area contributed by atoms with Crippen LogP contribution in [0.2, 0.25) is 0 Å². The van der Waals surface area contributed by atoms with Gasteiger partial charge in [0.25, 0.3) is 0 Å². The van der Waals surface area contributed by atoms with Gasteiger partial charge in [0, 0.05) is 15.3 Å². The predicted octanol–water partition coefficient (Wildman–Crippen LogP) is 3.19. The smallest absolute Gasteiger partial charge is 0.0320 e. The summed E-state index contributed by atoms with van der Waals surface area (Å²) < 4.78 is 1.29. The molecule has 2 nitrogen and oxygen atoms in total. The third-order valence-corrected chi connectivity index (χ3v) is 3.97. The van der Waals surface area contributed by atoms with Gasteiger partial charge in [-0.1, -0.05) is 18.2 Å². The van der Waals surface area contributed by atoms with E-state index in [0.29, 0.717) is 6.04 Å². The van der Waals surface area contributed by atoms with Crippen LogP contribution in [0.5, 0.6) is 0 Å². The predicted molar refractivity (Wildman–Crippen MR) is 78.5 cm³/mol. The standard InChI is InChI=1S/C13H17IN2/c14-13(7-6-12-5-2-8-16-12)10-3-1-4-11(15)9-10/h1,3-4,7,9,12,16H,2,5-6,8,15H2. The number of nitrogens with two attached hydrogens (primary N) is 1. The average molecular weight is 328 g/mol. The van der Waals surface area contributed by atoms with Crippen LogP contribution >= 0.6 is 22.6 Å². The Balaban J connectivity index is 2.00. The van der Waals surface area contributed by atoms with Gasteiger partial charge in [0.15, 0.2) is 0 Å². The lowest BCUT2D eigenvalue weighted by Gasteiger charge is -2.07. The van der Waals surface area contributed by atoms with Crippen LogP contribution in [0, 0.1) is 0 Å². The highest BCUT2D eigenvalue weighted by Gasteiger charge is 2.12. The SMILES string of the molecule is Nc1cccc(C(I)=CCC2CCCN2)c1. The summed E-state index contributed by atoms with van der Waals surface area (Å²) in [6.07, 6.45) is 6.04. The molecular weight excluding hydrogens is 311 g/mol. The Kier molecular flexibility index (Phi) is 4.23. The highest BCUT2D eigenvalue weighted by atomic mass is 127. The number of nitrogens with one attached hydrogen (secondary N) is 1. The summed E-state index contributed by atoms with van der Waals surface area (Å²) in [4.78, 5) is 0. The van der Waals surface area contributed by atoms with E-state index in [9.17, 15) is 0 Å². The minimum Gasteiger partial charge on any atom is -0.399 e. The number of hydrogen-bond acceptors (Lipinski definition) is 2. The van der Waals surface area contributed by atoms with Crippen molar-refractivity contribution in [3.05, 3.63) is 35.9 Å². The summed E-state index contributed by atoms with van der Waals surface area (Å²) in [7, 11) is 0. The van der Waals surface area contributed by atoms with Crippen LogP contribution < -0.4 is 11.1 Å². The van der Waals surface area contributed by atoms with E-state index in [0.717, 1.165) is 12.1 Å². The fraction of sp³-hybridized carbons (Fsp3) is 0.385. The van der Waals surface area contributed by atoms with Crippen molar-refractivity contribution >= 4 is 31.9 Å². The molecule has 1 aromatic carbocycles. The summed E-state index contributed by atoms with van der Waals surface area (Å²) in [6.45, 7) is 1.17. The molecule has 1 unspecified atom stereocenters. The largest absolute Gasteiger partial charge is 0.399 e. The van der Waals surface area contributed by atoms with E-state index in [1.807, 2.05) is 18.2 Å². The second-order valence-corrected chi connectivity index (χ2v) is 5.37. The molecule has 1 aliphatic rings. The summed E-state index contributed by atoms with van der Waals surface area (Å²) in [6, 6.07) is 8.74. The maximum Gasteiger partial charge on any atom is 0.0320 e. The van der Waals surface area contributed by atoms with Crippen molar-refractivity contribution in [2.24, 2.45) is 0 Å². The van der Waals surface area contributed by atoms with Gasteiger partial charge in [0.2, 0.25) is 0 Å². The van der Waals surface area contributed by atoms with Gasteiger partial charge in [-0.25, -0.2) is 0 Å². The van der Waals surface area contributed by atoms with E-state index in [4.69, 9.17) is 5.73 Å². The molecule has 3 N–H and O–H groups in total. The van der Waals surface area contributed by atoms with Crippen LogP contribution in [0.1, 0.15) is 24.8 Å². The lowest BCUT2D eigenvalue weighted by atomic mass is 10.1. The monoisotopic (exact) mass is 328 g/mol. The number of halogens is 1. The van der Waals surface area contributed by atoms with E-state index < -0.39 is 0 Å². The first kappa shape index (κ1) is 11.9. The molecule has 2 rings (SSSR count). The second-order valence-electron chi connectivity index (χ2n) is 4.21. The Morgan fingerprint density at radius 2 is 2.44 bits per heavy atom. The summed E-state index contributed by atoms with van der Waals surface area (Å²) >= 11 is 2.39. The maximum atomic E-state index is 5.77. The molecular formula is C13H17IN2. The quantitative estimate of drug-likeness (QED) is 0.661. The number of benzene rings is 1. The van der Waals surface area contributed by atoms with Gasteiger partial charge in [-0.05, 0) is 66.1 Å². The Morgan fingerprint density at radius 1 is 1.56 bits per heavy atom. The molecule has 1 saturated heterocycles. The maximum absolute atomic E-state index is 5.77. The van der Waals surface area contributed by atoms with Crippen molar-refractivity contribution in [2.45, 2.75) is 25.3 Å². The Hall–Kier alpha value is -0.550. The minimum atomic E-state index is 0.672. The lowest BCUT2D eigenvalue weighted by molar-refractivity contribution is 0.615. The minimum absolute atomic E-state index is 0.672. The molecule has 0 aliphatic carbocycles. The molecule has 86 valence electrons. The molecule has 16 heavy (non-hydrogen) atoms. The van der Waals surface area contributed by atoms with Crippen LogP contribution in [0.15, 0.2) is 30.3 Å². The number of hydrogen-bond donors (Lipinski definition) is 2. The molecule has 0 radical (unpaired) electrons. The Labute approximate surface area is 110 Å². The third-order valence-electron chi connectivity index (χ3n) is 2.91. The van der Waals surface area contributed by atoms with E-state index in [1.54, 1.807) is 0 Å². The van der Waals surface area contributed by atoms with Crippen LogP contribution in [0.4, 0.5) is 5.69 Å². The van der Waals surface area contributed by atoms with Crippen LogP contribution in [-0.2, 0) is 0 Å². The average Bonchev–Trinajstić information content (AvgIpc) is 2.78. The van der Waals surface area contributed by atoms with E-state index in [2.05, 4.69) is 40.1 Å². The lowest BCUT2D eigenvalue weighted by Crippen LogP contribution is -2.20. The normalized spacial score (nSPS) is 21.3. The number of anilines is 1. The van der Waals surface area contributed by atoms with Crippen molar-refractivity contribution in [3.63, 3.8) is 0 Å². The van der Waals surface area contributed by atoms with Crippen molar-refractivity contribution in [3.8, 4) is 0 Å². The molecule has 0 amide bonds. The van der Waals surface area contributed by atoms with Crippen LogP contribution in [0.25, 0.3) is 3.58 Å². The third kappa shape index (κ3) is 3.22. The molecule has 0 aromatic heterocycles. The molecule has 3 heteroatoms. The van der Waals surface area contributed by atoms with Crippen molar-refractivity contribution in [1.82, 2.24) is 5.32 Å². The van der Waals surface area contributed by atoms with Gasteiger partial charge >= 0.3 is 0 Å². The van der Waals surface area contributed by atoms with E-state index in [1.165, 1.54) is 28.5 Å². The molecule has 1 fully saturated rings. The fourth-order valence-electron chi connectivity index (χ4n) is 2.01. The molecule has 1 aliphatic heterocycles. The number of nitrogen functional groups attached to an aromatic ring is 1. The van der Waals surface area contributed by atoms with Crippen molar-refractivity contribution in [2.75, 3.05) is 12.3 Å². The summed E-state index contributed by atoms with van der Waals surface area (Å²) in [5, 5.41) is 3.50. The van der Waals surface area contributed by atoms with Gasteiger partial charge < -0.3 is 11.1 Å². The van der Waals surface area contributed by atoms with Gasteiger partial charge in [0.05, 0.1) is 0 Å². The zero-order valence-corrected chi connectivity index (χ0v) is 11.4. The number of rotatable bonds is 3. The van der Waals surface area contributed by atoms with Crippen LogP contribution in [-0.4, -0.2) is 12.6 Å². The molecule has 1 heterocycles. The van der Waals surface area contributed by atoms with Gasteiger partial charge in [0.1, 0.15) is 0 Å². The van der Waals surface area contributed by atoms with Crippen molar-refractivity contribution < 1.29 is 0 Å². The van der Waals surface area contributed by atoms with E-state index >= 15 is 0 Å². The zero-order valence-electron chi connectivity index (χ0n) is 9.25. The zero-order chi connectivity index (χ0) is 11.4. The Morgan fingerprint density at radius 3 is 3.12 bits per heavy atom. The van der Waals surface area contributed by atoms with Crippen molar-refractivity contribution in [1.29, 1.82) is 0 Å². The second kappa shape index (κ2) is 5.68. The molecule has 0 saturated carbocycles. The van der Waals surface area contributed by atoms with E-state index in [-0.39, 0.29) is 0 Å². The van der Waals surface area contributed by atoms with Gasteiger partial charge in [-0.15, -0.1) is 0 Å². The van der Waals surface area contributed by atoms with Gasteiger partial charge in [-0.2, -0.15) is 0 Å². The highest BCUT2D eigenvalue weighted by Crippen LogP contribution is 2.25. The first-order valence-electron chi connectivity index (χ1n) is 5.70. The van der Waals surface area contributed by atoms with Gasteiger partial charge in [-0.3, -0.25) is 0 Å². The first-order chi connectivity index (χ1) is 7.75. The molecule has 1 atom stereocenters. The molecule has 0 bridgehead atoms. The Bertz CT molecular complexity index is 381. The first-order valence-corrected chi connectivity index (χ1v) is 6.78.